The predicted octanol–water partition coefficient (Wildman–Crippen LogP) is 2.78. The second-order valence-corrected chi connectivity index (χ2v) is 8.87. The average molecular weight is 511 g/mol. The van der Waals surface area contributed by atoms with E-state index in [9.17, 15) is 27.2 Å². The van der Waals surface area contributed by atoms with Gasteiger partial charge in [0.25, 0.3) is 5.91 Å². The Morgan fingerprint density at radius 2 is 1.86 bits per heavy atom. The number of hydrogen-bond acceptors (Lipinski definition) is 7. The van der Waals surface area contributed by atoms with Crippen LogP contribution in [0.5, 0.6) is 0 Å². The molecule has 3 aromatic rings. The van der Waals surface area contributed by atoms with E-state index in [-0.39, 0.29) is 18.5 Å². The van der Waals surface area contributed by atoms with Crippen molar-refractivity contribution in [1.82, 2.24) is 5.32 Å². The normalized spacial score (nSPS) is 10.7. The van der Waals surface area contributed by atoms with Crippen molar-refractivity contribution in [2.45, 2.75) is 30.7 Å². The number of aliphatic carboxylic acids is 1. The molecule has 0 saturated heterocycles. The third-order valence-corrected chi connectivity index (χ3v) is 6.02. The molecule has 0 radical (unpaired) electrons. The van der Waals surface area contributed by atoms with E-state index < -0.39 is 44.4 Å². The van der Waals surface area contributed by atoms with E-state index in [1.54, 1.807) is 12.1 Å². The average Bonchev–Trinajstić information content (AvgIpc) is 3.25. The molecule has 0 atom stereocenters. The van der Waals surface area contributed by atoms with E-state index in [2.05, 4.69) is 15.4 Å². The minimum absolute atomic E-state index is 0.110. The SMILES string of the molecule is C#CC(=O)NCc1ccc2cc(C(=O)OS(=O)(=O)c3ccc(CCCC#CC(=O)O)cc3F)oc2c1. The lowest BCUT2D eigenvalue weighted by atomic mass is 10.1. The lowest BCUT2D eigenvalue weighted by Crippen LogP contribution is -2.20. The number of hydrogen-bond donors (Lipinski definition) is 2. The summed E-state index contributed by atoms with van der Waals surface area (Å²) in [6, 6.07) is 9.37. The Hall–Kier alpha value is -4.61. The Balaban J connectivity index is 1.69. The number of amides is 1. The lowest BCUT2D eigenvalue weighted by molar-refractivity contribution is -0.130. The molecule has 0 spiro atoms. The van der Waals surface area contributed by atoms with E-state index >= 15 is 0 Å². The molecule has 2 aromatic carbocycles. The first-order chi connectivity index (χ1) is 17.1. The van der Waals surface area contributed by atoms with Crippen molar-refractivity contribution in [1.29, 1.82) is 0 Å². The van der Waals surface area contributed by atoms with Gasteiger partial charge >= 0.3 is 22.1 Å². The number of benzene rings is 2. The highest BCUT2D eigenvalue weighted by Gasteiger charge is 2.27. The van der Waals surface area contributed by atoms with Gasteiger partial charge in [0, 0.05) is 24.3 Å². The number of halogens is 1. The van der Waals surface area contributed by atoms with Crippen molar-refractivity contribution < 1.29 is 40.9 Å². The molecule has 0 aliphatic carbocycles. The Morgan fingerprint density at radius 3 is 2.56 bits per heavy atom. The van der Waals surface area contributed by atoms with Crippen LogP contribution in [-0.4, -0.2) is 31.4 Å². The van der Waals surface area contributed by atoms with Gasteiger partial charge in [-0.1, -0.05) is 24.1 Å². The molecule has 1 heterocycles. The minimum atomic E-state index is -4.80. The summed E-state index contributed by atoms with van der Waals surface area (Å²) in [5.74, 6) is 1.59. The van der Waals surface area contributed by atoms with Crippen molar-refractivity contribution in [2.75, 3.05) is 0 Å². The Morgan fingerprint density at radius 1 is 1.11 bits per heavy atom. The lowest BCUT2D eigenvalue weighted by Gasteiger charge is -2.07. The van der Waals surface area contributed by atoms with Crippen LogP contribution >= 0.6 is 0 Å². The number of nitrogens with one attached hydrogen (secondary N) is 1. The maximum absolute atomic E-state index is 14.5. The number of furan rings is 1. The first-order valence-electron chi connectivity index (χ1n) is 10.3. The zero-order valence-corrected chi connectivity index (χ0v) is 19.4. The van der Waals surface area contributed by atoms with Crippen molar-refractivity contribution in [3.8, 4) is 24.2 Å². The number of aryl methyl sites for hydroxylation is 1. The van der Waals surface area contributed by atoms with Gasteiger partial charge in [0.05, 0.1) is 0 Å². The van der Waals surface area contributed by atoms with Crippen LogP contribution < -0.4 is 5.32 Å². The van der Waals surface area contributed by atoms with E-state index in [1.807, 2.05) is 11.8 Å². The van der Waals surface area contributed by atoms with Gasteiger partial charge in [-0.2, -0.15) is 8.42 Å². The highest BCUT2D eigenvalue weighted by Crippen LogP contribution is 2.24. The van der Waals surface area contributed by atoms with Crippen molar-refractivity contribution >= 4 is 38.9 Å². The number of carbonyl (C=O) groups excluding carboxylic acids is 2. The van der Waals surface area contributed by atoms with E-state index in [0.29, 0.717) is 29.4 Å². The molecule has 0 unspecified atom stereocenters. The first kappa shape index (κ1) is 26.0. The molecular weight excluding hydrogens is 493 g/mol. The highest BCUT2D eigenvalue weighted by atomic mass is 32.2. The van der Waals surface area contributed by atoms with Gasteiger partial charge < -0.3 is 19.0 Å². The summed E-state index contributed by atoms with van der Waals surface area (Å²) in [5, 5.41) is 11.4. The van der Waals surface area contributed by atoms with Crippen LogP contribution in [0.2, 0.25) is 0 Å². The molecule has 1 aromatic heterocycles. The van der Waals surface area contributed by atoms with Crippen LogP contribution in [0.15, 0.2) is 51.8 Å². The van der Waals surface area contributed by atoms with Crippen molar-refractivity contribution in [3.05, 3.63) is 65.2 Å². The fourth-order valence-electron chi connectivity index (χ4n) is 3.13. The fourth-order valence-corrected chi connectivity index (χ4v) is 4.03. The fraction of sp³-hybridized carbons (Fsp3) is 0.160. The molecule has 184 valence electrons. The number of unbranched alkanes of at least 4 members (excludes halogenated alkanes) is 1. The molecule has 0 aliphatic heterocycles. The van der Waals surface area contributed by atoms with Crippen LogP contribution in [0.1, 0.15) is 34.5 Å². The van der Waals surface area contributed by atoms with E-state index in [4.69, 9.17) is 15.9 Å². The molecule has 2 N–H and O–H groups in total. The highest BCUT2D eigenvalue weighted by molar-refractivity contribution is 7.87. The third-order valence-electron chi connectivity index (χ3n) is 4.78. The number of terminal acetylenes is 1. The number of carbonyl (C=O) groups is 3. The van der Waals surface area contributed by atoms with E-state index in [0.717, 1.165) is 12.1 Å². The zero-order chi connectivity index (χ0) is 26.3. The molecular formula is C25H18FNO8S. The standard InChI is InChI=1S/C25H18FNO8S/c1-2-23(28)27-15-17-8-10-18-14-21(34-20(18)13-17)25(31)35-36(32,33)22-11-9-16(12-19(22)26)6-4-3-5-7-24(29)30/h1,8-14H,3-4,6,15H2,(H,27,28)(H,29,30). The summed E-state index contributed by atoms with van der Waals surface area (Å²) < 4.78 is 49.5. The van der Waals surface area contributed by atoms with Crippen LogP contribution in [0.3, 0.4) is 0 Å². The largest absolute Gasteiger partial charge is 0.472 e. The maximum Gasteiger partial charge on any atom is 0.389 e. The molecule has 0 fully saturated rings. The number of rotatable bonds is 8. The molecule has 36 heavy (non-hydrogen) atoms. The monoisotopic (exact) mass is 511 g/mol. The van der Waals surface area contributed by atoms with Crippen molar-refractivity contribution in [2.24, 2.45) is 0 Å². The molecule has 3 rings (SSSR count). The van der Waals surface area contributed by atoms with E-state index in [1.165, 1.54) is 18.2 Å². The molecule has 11 heteroatoms. The predicted molar refractivity (Wildman–Crippen MR) is 124 cm³/mol. The summed E-state index contributed by atoms with van der Waals surface area (Å²) >= 11 is 0. The summed E-state index contributed by atoms with van der Waals surface area (Å²) in [7, 11) is -4.80. The molecule has 0 aliphatic rings. The summed E-state index contributed by atoms with van der Waals surface area (Å²) in [5.41, 5.74) is 1.31. The van der Waals surface area contributed by atoms with Crippen LogP contribution in [0.4, 0.5) is 4.39 Å². The Labute approximate surface area is 205 Å². The smallest absolute Gasteiger partial charge is 0.389 e. The summed E-state index contributed by atoms with van der Waals surface area (Å²) in [4.78, 5) is 33.1. The Kier molecular flexibility index (Phi) is 8.10. The van der Waals surface area contributed by atoms with Gasteiger partial charge in [-0.15, -0.1) is 6.42 Å². The topological polar surface area (TPSA) is 140 Å². The maximum atomic E-state index is 14.5. The molecule has 0 bridgehead atoms. The van der Waals surface area contributed by atoms with Crippen LogP contribution in [0.25, 0.3) is 11.0 Å². The van der Waals surface area contributed by atoms with Crippen LogP contribution in [-0.2, 0) is 36.9 Å². The van der Waals surface area contributed by atoms with Gasteiger partial charge in [0.15, 0.2) is 0 Å². The van der Waals surface area contributed by atoms with Gasteiger partial charge in [0.2, 0.25) is 5.76 Å². The van der Waals surface area contributed by atoms with Gasteiger partial charge in [0.1, 0.15) is 16.3 Å². The number of fused-ring (bicyclic) bond motifs is 1. The first-order valence-corrected chi connectivity index (χ1v) is 11.8. The molecule has 9 nitrogen and oxygen atoms in total. The third kappa shape index (κ3) is 6.72. The second kappa shape index (κ2) is 11.2. The van der Waals surface area contributed by atoms with Gasteiger partial charge in [-0.25, -0.2) is 14.0 Å². The minimum Gasteiger partial charge on any atom is -0.472 e. The summed E-state index contributed by atoms with van der Waals surface area (Å²) in [6.07, 6.45) is 6.02. The van der Waals surface area contributed by atoms with Crippen molar-refractivity contribution in [3.63, 3.8) is 0 Å². The quantitative estimate of drug-likeness (QED) is 0.267. The molecule has 1 amide bonds. The number of carboxylic acid groups (broad SMARTS) is 1. The summed E-state index contributed by atoms with van der Waals surface area (Å²) in [6.45, 7) is 0.110. The van der Waals surface area contributed by atoms with Gasteiger partial charge in [-0.3, -0.25) is 4.79 Å². The van der Waals surface area contributed by atoms with Crippen LogP contribution in [0, 0.1) is 30.0 Å². The second-order valence-electron chi connectivity index (χ2n) is 7.36. The Bertz CT molecular complexity index is 1550. The number of carboxylic acids is 1. The zero-order valence-electron chi connectivity index (χ0n) is 18.5. The van der Waals surface area contributed by atoms with Gasteiger partial charge in [-0.05, 0) is 54.2 Å². The molecule has 0 saturated carbocycles.